The van der Waals surface area contributed by atoms with Gasteiger partial charge in [-0.25, -0.2) is 0 Å². The Morgan fingerprint density at radius 2 is 2.19 bits per heavy atom. The average molecular weight is 310 g/mol. The van der Waals surface area contributed by atoms with E-state index in [1.165, 1.54) is 6.33 Å². The zero-order chi connectivity index (χ0) is 15.0. The first-order valence-electron chi connectivity index (χ1n) is 7.04. The third kappa shape index (κ3) is 2.81. The van der Waals surface area contributed by atoms with Crippen LogP contribution in [0, 0.1) is 6.92 Å². The molecule has 21 heavy (non-hydrogen) atoms. The van der Waals surface area contributed by atoms with E-state index in [4.69, 9.17) is 11.6 Å². The third-order valence-corrected chi connectivity index (χ3v) is 4.46. The SMILES string of the molecule is Cc1c(Cl)nc2ncnn2c1NCC1CN(C)CCN1C. The van der Waals surface area contributed by atoms with Crippen LogP contribution in [-0.4, -0.2) is 75.7 Å². The van der Waals surface area contributed by atoms with E-state index in [1.54, 1.807) is 4.52 Å². The second-order valence-electron chi connectivity index (χ2n) is 5.63. The summed E-state index contributed by atoms with van der Waals surface area (Å²) in [5, 5.41) is 8.15. The van der Waals surface area contributed by atoms with E-state index in [-0.39, 0.29) is 0 Å². The molecule has 2 aromatic rings. The van der Waals surface area contributed by atoms with E-state index in [9.17, 15) is 0 Å². The monoisotopic (exact) mass is 309 g/mol. The second kappa shape index (κ2) is 5.75. The highest BCUT2D eigenvalue weighted by molar-refractivity contribution is 6.30. The Kier molecular flexibility index (Phi) is 3.97. The van der Waals surface area contributed by atoms with Crippen molar-refractivity contribution < 1.29 is 0 Å². The molecule has 1 fully saturated rings. The van der Waals surface area contributed by atoms with Gasteiger partial charge in [-0.2, -0.15) is 19.6 Å². The Balaban J connectivity index is 1.81. The summed E-state index contributed by atoms with van der Waals surface area (Å²) in [6.45, 7) is 6.01. The Labute approximate surface area is 128 Å². The Morgan fingerprint density at radius 3 is 3.00 bits per heavy atom. The number of hydrogen-bond acceptors (Lipinski definition) is 6. The fourth-order valence-corrected chi connectivity index (χ4v) is 2.81. The molecule has 1 saturated heterocycles. The van der Waals surface area contributed by atoms with Crippen LogP contribution in [0.3, 0.4) is 0 Å². The highest BCUT2D eigenvalue weighted by Crippen LogP contribution is 2.22. The van der Waals surface area contributed by atoms with Crippen molar-refractivity contribution in [2.24, 2.45) is 0 Å². The molecule has 1 aliphatic rings. The maximum Gasteiger partial charge on any atom is 0.255 e. The van der Waals surface area contributed by atoms with Crippen LogP contribution in [0.15, 0.2) is 6.33 Å². The van der Waals surface area contributed by atoms with E-state index in [2.05, 4.69) is 44.3 Å². The Bertz CT molecular complexity index is 641. The van der Waals surface area contributed by atoms with Gasteiger partial charge in [0.25, 0.3) is 5.78 Å². The molecule has 114 valence electrons. The minimum atomic E-state index is 0.452. The van der Waals surface area contributed by atoms with Gasteiger partial charge in [0.2, 0.25) is 0 Å². The minimum absolute atomic E-state index is 0.452. The van der Waals surface area contributed by atoms with Gasteiger partial charge in [-0.05, 0) is 21.0 Å². The van der Waals surface area contributed by atoms with Crippen molar-refractivity contribution in [3.05, 3.63) is 17.0 Å². The number of hydrogen-bond donors (Lipinski definition) is 1. The van der Waals surface area contributed by atoms with Gasteiger partial charge in [0.1, 0.15) is 17.3 Å². The van der Waals surface area contributed by atoms with Crippen molar-refractivity contribution in [2.45, 2.75) is 13.0 Å². The van der Waals surface area contributed by atoms with Crippen molar-refractivity contribution in [1.29, 1.82) is 0 Å². The molecule has 0 radical (unpaired) electrons. The van der Waals surface area contributed by atoms with Gasteiger partial charge < -0.3 is 10.2 Å². The zero-order valence-corrected chi connectivity index (χ0v) is 13.3. The second-order valence-corrected chi connectivity index (χ2v) is 5.98. The Hall–Kier alpha value is -1.44. The van der Waals surface area contributed by atoms with Crippen molar-refractivity contribution in [3.8, 4) is 0 Å². The topological polar surface area (TPSA) is 61.6 Å². The predicted octanol–water partition coefficient (Wildman–Crippen LogP) is 0.744. The molecule has 0 amide bonds. The summed E-state index contributed by atoms with van der Waals surface area (Å²) in [6.07, 6.45) is 1.49. The van der Waals surface area contributed by atoms with Gasteiger partial charge in [-0.15, -0.1) is 0 Å². The van der Waals surface area contributed by atoms with E-state index < -0.39 is 0 Å². The molecular weight excluding hydrogens is 290 g/mol. The number of piperazine rings is 1. The van der Waals surface area contributed by atoms with Gasteiger partial charge in [0.05, 0.1) is 0 Å². The average Bonchev–Trinajstić information content (AvgIpc) is 2.90. The molecule has 0 aliphatic carbocycles. The number of aromatic nitrogens is 4. The first-order valence-corrected chi connectivity index (χ1v) is 7.42. The van der Waals surface area contributed by atoms with Gasteiger partial charge in [-0.1, -0.05) is 11.6 Å². The number of likely N-dealkylation sites (N-methyl/N-ethyl adjacent to an activating group) is 2. The van der Waals surface area contributed by atoms with Crippen LogP contribution < -0.4 is 5.32 Å². The zero-order valence-electron chi connectivity index (χ0n) is 12.5. The summed E-state index contributed by atoms with van der Waals surface area (Å²) in [6, 6.07) is 0.452. The summed E-state index contributed by atoms with van der Waals surface area (Å²) < 4.78 is 1.70. The van der Waals surface area contributed by atoms with E-state index in [1.807, 2.05) is 6.92 Å². The van der Waals surface area contributed by atoms with Crippen LogP contribution in [0.25, 0.3) is 5.78 Å². The van der Waals surface area contributed by atoms with Crippen LogP contribution in [0.2, 0.25) is 5.15 Å². The number of rotatable bonds is 3. The number of nitrogens with zero attached hydrogens (tertiary/aromatic N) is 6. The highest BCUT2D eigenvalue weighted by atomic mass is 35.5. The summed E-state index contributed by atoms with van der Waals surface area (Å²) in [5.41, 5.74) is 0.890. The summed E-state index contributed by atoms with van der Waals surface area (Å²) in [7, 11) is 4.32. The molecule has 1 N–H and O–H groups in total. The van der Waals surface area contributed by atoms with E-state index >= 15 is 0 Å². The highest BCUT2D eigenvalue weighted by Gasteiger charge is 2.22. The fourth-order valence-electron chi connectivity index (χ4n) is 2.64. The summed E-state index contributed by atoms with van der Waals surface area (Å²) in [5.74, 6) is 1.38. The first kappa shape index (κ1) is 14.5. The van der Waals surface area contributed by atoms with E-state index in [0.29, 0.717) is 17.0 Å². The lowest BCUT2D eigenvalue weighted by Gasteiger charge is -2.37. The standard InChI is InChI=1S/C13H20ClN7/c1-9-11(14)18-13-16-8-17-21(13)12(9)15-6-10-7-19(2)4-5-20(10)3/h8,10,15H,4-7H2,1-3H3. The summed E-state index contributed by atoms with van der Waals surface area (Å²) >= 11 is 6.17. The molecule has 0 bridgehead atoms. The normalized spacial score (nSPS) is 21.0. The van der Waals surface area contributed by atoms with Crippen molar-refractivity contribution in [1.82, 2.24) is 29.4 Å². The molecule has 3 heterocycles. The number of nitrogens with one attached hydrogen (secondary N) is 1. The molecule has 7 nitrogen and oxygen atoms in total. The smallest absolute Gasteiger partial charge is 0.255 e. The van der Waals surface area contributed by atoms with Crippen molar-refractivity contribution >= 4 is 23.2 Å². The van der Waals surface area contributed by atoms with E-state index in [0.717, 1.165) is 37.6 Å². The minimum Gasteiger partial charge on any atom is -0.368 e. The fraction of sp³-hybridized carbons (Fsp3) is 0.615. The summed E-state index contributed by atoms with van der Waals surface area (Å²) in [4.78, 5) is 13.0. The third-order valence-electron chi connectivity index (χ3n) is 4.09. The predicted molar refractivity (Wildman–Crippen MR) is 82.9 cm³/mol. The van der Waals surface area contributed by atoms with Gasteiger partial charge in [-0.3, -0.25) is 4.90 Å². The molecule has 0 aromatic carbocycles. The van der Waals surface area contributed by atoms with Crippen molar-refractivity contribution in [2.75, 3.05) is 45.6 Å². The number of anilines is 1. The Morgan fingerprint density at radius 1 is 1.38 bits per heavy atom. The first-order chi connectivity index (χ1) is 10.1. The largest absolute Gasteiger partial charge is 0.368 e. The van der Waals surface area contributed by atoms with Crippen LogP contribution in [0.5, 0.6) is 0 Å². The molecule has 2 aromatic heterocycles. The molecule has 0 spiro atoms. The van der Waals surface area contributed by atoms with Gasteiger partial charge in [0.15, 0.2) is 0 Å². The van der Waals surface area contributed by atoms with Crippen molar-refractivity contribution in [3.63, 3.8) is 0 Å². The lowest BCUT2D eigenvalue weighted by Crippen LogP contribution is -2.52. The molecule has 3 rings (SSSR count). The molecular formula is C13H20ClN7. The van der Waals surface area contributed by atoms with Crippen LogP contribution in [-0.2, 0) is 0 Å². The molecule has 8 heteroatoms. The van der Waals surface area contributed by atoms with Crippen LogP contribution in [0.4, 0.5) is 5.82 Å². The quantitative estimate of drug-likeness (QED) is 0.844. The number of fused-ring (bicyclic) bond motifs is 1. The number of halogens is 1. The molecule has 1 aliphatic heterocycles. The van der Waals surface area contributed by atoms with Crippen LogP contribution >= 0.6 is 11.6 Å². The lowest BCUT2D eigenvalue weighted by atomic mass is 10.2. The molecule has 0 saturated carbocycles. The maximum atomic E-state index is 6.17. The van der Waals surface area contributed by atoms with Gasteiger partial charge >= 0.3 is 0 Å². The maximum absolute atomic E-state index is 6.17. The van der Waals surface area contributed by atoms with Gasteiger partial charge in [0, 0.05) is 37.8 Å². The lowest BCUT2D eigenvalue weighted by molar-refractivity contribution is 0.121. The molecule has 1 atom stereocenters. The molecule has 1 unspecified atom stereocenters. The van der Waals surface area contributed by atoms with Crippen LogP contribution in [0.1, 0.15) is 5.56 Å².